The van der Waals surface area contributed by atoms with Gasteiger partial charge in [-0.05, 0) is 44.1 Å². The summed E-state index contributed by atoms with van der Waals surface area (Å²) in [7, 11) is 5.96. The van der Waals surface area contributed by atoms with Gasteiger partial charge in [-0.1, -0.05) is 12.1 Å². The van der Waals surface area contributed by atoms with E-state index in [2.05, 4.69) is 27.2 Å². The van der Waals surface area contributed by atoms with Gasteiger partial charge in [-0.2, -0.15) is 0 Å². The molecule has 1 fully saturated rings. The van der Waals surface area contributed by atoms with Crippen molar-refractivity contribution in [3.63, 3.8) is 0 Å². The van der Waals surface area contributed by atoms with Crippen LogP contribution in [-0.4, -0.2) is 56.0 Å². The number of nitrogens with one attached hydrogen (secondary N) is 1. The zero-order valence-corrected chi connectivity index (χ0v) is 13.1. The molecule has 1 atom stereocenters. The molecule has 1 aromatic rings. The van der Waals surface area contributed by atoms with Crippen molar-refractivity contribution in [3.8, 4) is 0 Å². The molecule has 116 valence electrons. The number of rotatable bonds is 4. The minimum Gasteiger partial charge on any atom is -0.355 e. The van der Waals surface area contributed by atoms with Crippen LogP contribution >= 0.6 is 0 Å². The smallest absolute Gasteiger partial charge is 0.193 e. The van der Waals surface area contributed by atoms with E-state index in [1.54, 1.807) is 7.05 Å². The Bertz CT molecular complexity index is 472. The number of nitrogens with zero attached hydrogens (tertiary/aromatic N) is 3. The maximum absolute atomic E-state index is 12.9. The van der Waals surface area contributed by atoms with E-state index in [-0.39, 0.29) is 5.82 Å². The minimum atomic E-state index is -0.201. The van der Waals surface area contributed by atoms with Crippen molar-refractivity contribution in [2.45, 2.75) is 25.4 Å². The number of likely N-dealkylation sites (N-methyl/N-ethyl adjacent to an activating group) is 1. The second-order valence-electron chi connectivity index (χ2n) is 5.69. The Morgan fingerprint density at radius 3 is 2.71 bits per heavy atom. The van der Waals surface area contributed by atoms with Gasteiger partial charge in [0, 0.05) is 33.2 Å². The van der Waals surface area contributed by atoms with Crippen molar-refractivity contribution in [1.82, 2.24) is 15.1 Å². The number of halogens is 1. The molecule has 1 saturated heterocycles. The molecule has 2 rings (SSSR count). The van der Waals surface area contributed by atoms with Gasteiger partial charge in [-0.25, -0.2) is 4.39 Å². The van der Waals surface area contributed by atoms with E-state index in [0.717, 1.165) is 18.1 Å². The lowest BCUT2D eigenvalue weighted by Crippen LogP contribution is -2.44. The van der Waals surface area contributed by atoms with E-state index in [0.29, 0.717) is 12.6 Å². The maximum atomic E-state index is 12.9. The van der Waals surface area contributed by atoms with Crippen molar-refractivity contribution in [1.29, 1.82) is 0 Å². The lowest BCUT2D eigenvalue weighted by molar-refractivity contribution is 0.306. The lowest BCUT2D eigenvalue weighted by Gasteiger charge is -2.25. The molecule has 1 aliphatic rings. The van der Waals surface area contributed by atoms with E-state index < -0.39 is 0 Å². The molecule has 0 spiro atoms. The van der Waals surface area contributed by atoms with Crippen molar-refractivity contribution < 1.29 is 4.39 Å². The number of hydrogen-bond acceptors (Lipinski definition) is 2. The molecule has 1 aliphatic heterocycles. The predicted octanol–water partition coefficient (Wildman–Crippen LogP) is 1.93. The molecule has 0 aromatic heterocycles. The fourth-order valence-electron chi connectivity index (χ4n) is 2.77. The van der Waals surface area contributed by atoms with Gasteiger partial charge in [0.05, 0.1) is 0 Å². The van der Waals surface area contributed by atoms with Crippen molar-refractivity contribution in [2.75, 3.05) is 34.2 Å². The summed E-state index contributed by atoms with van der Waals surface area (Å²) in [6.07, 6.45) is 2.51. The Labute approximate surface area is 126 Å². The summed E-state index contributed by atoms with van der Waals surface area (Å²) in [4.78, 5) is 8.77. The summed E-state index contributed by atoms with van der Waals surface area (Å²) in [5.74, 6) is 0.674. The first kappa shape index (κ1) is 15.8. The first-order chi connectivity index (χ1) is 10.1. The Morgan fingerprint density at radius 1 is 1.43 bits per heavy atom. The molecule has 1 heterocycles. The van der Waals surface area contributed by atoms with Crippen LogP contribution in [0.2, 0.25) is 0 Å². The van der Waals surface area contributed by atoms with Gasteiger partial charge in [-0.15, -0.1) is 0 Å². The van der Waals surface area contributed by atoms with Crippen LogP contribution < -0.4 is 5.32 Å². The molecule has 0 radical (unpaired) electrons. The zero-order chi connectivity index (χ0) is 15.2. The second kappa shape index (κ2) is 7.41. The van der Waals surface area contributed by atoms with E-state index in [1.165, 1.54) is 31.5 Å². The third kappa shape index (κ3) is 4.43. The summed E-state index contributed by atoms with van der Waals surface area (Å²) in [5.41, 5.74) is 1.07. The number of aliphatic imine (C=N–C) groups is 1. The van der Waals surface area contributed by atoms with Crippen LogP contribution in [0.3, 0.4) is 0 Å². The van der Waals surface area contributed by atoms with Crippen molar-refractivity contribution >= 4 is 5.96 Å². The number of benzene rings is 1. The molecule has 21 heavy (non-hydrogen) atoms. The van der Waals surface area contributed by atoms with Crippen LogP contribution in [0.1, 0.15) is 18.4 Å². The highest BCUT2D eigenvalue weighted by Crippen LogP contribution is 2.13. The minimum absolute atomic E-state index is 0.201. The number of likely N-dealkylation sites (tertiary alicyclic amines) is 1. The van der Waals surface area contributed by atoms with Crippen LogP contribution in [0.4, 0.5) is 4.39 Å². The van der Waals surface area contributed by atoms with E-state index in [4.69, 9.17) is 0 Å². The molecule has 4 nitrogen and oxygen atoms in total. The highest BCUT2D eigenvalue weighted by Gasteiger charge is 2.21. The quantitative estimate of drug-likeness (QED) is 0.679. The molecular weight excluding hydrogens is 267 g/mol. The summed E-state index contributed by atoms with van der Waals surface area (Å²) in [6, 6.07) is 7.19. The van der Waals surface area contributed by atoms with Gasteiger partial charge >= 0.3 is 0 Å². The highest BCUT2D eigenvalue weighted by atomic mass is 19.1. The van der Waals surface area contributed by atoms with Gasteiger partial charge < -0.3 is 15.1 Å². The molecule has 1 N–H and O–H groups in total. The largest absolute Gasteiger partial charge is 0.355 e. The zero-order valence-electron chi connectivity index (χ0n) is 13.1. The van der Waals surface area contributed by atoms with E-state index in [1.807, 2.05) is 19.2 Å². The van der Waals surface area contributed by atoms with Crippen molar-refractivity contribution in [2.24, 2.45) is 4.99 Å². The predicted molar refractivity (Wildman–Crippen MR) is 84.9 cm³/mol. The fourth-order valence-corrected chi connectivity index (χ4v) is 2.77. The second-order valence-corrected chi connectivity index (χ2v) is 5.69. The van der Waals surface area contributed by atoms with Gasteiger partial charge in [-0.3, -0.25) is 4.99 Å². The molecule has 1 aromatic carbocycles. The van der Waals surface area contributed by atoms with Crippen LogP contribution in [0.25, 0.3) is 0 Å². The molecule has 0 aliphatic carbocycles. The van der Waals surface area contributed by atoms with Gasteiger partial charge in [0.2, 0.25) is 0 Å². The van der Waals surface area contributed by atoms with E-state index >= 15 is 0 Å². The Balaban J connectivity index is 1.86. The molecule has 1 unspecified atom stereocenters. The molecular formula is C16H25FN4. The molecule has 0 saturated carbocycles. The van der Waals surface area contributed by atoms with Gasteiger partial charge in [0.1, 0.15) is 5.82 Å². The number of guanidine groups is 1. The Kier molecular flexibility index (Phi) is 5.56. The van der Waals surface area contributed by atoms with Crippen LogP contribution in [-0.2, 0) is 6.54 Å². The van der Waals surface area contributed by atoms with Crippen LogP contribution in [0, 0.1) is 5.82 Å². The van der Waals surface area contributed by atoms with Crippen LogP contribution in [0.5, 0.6) is 0 Å². The van der Waals surface area contributed by atoms with Crippen LogP contribution in [0.15, 0.2) is 29.3 Å². The van der Waals surface area contributed by atoms with Gasteiger partial charge in [0.25, 0.3) is 0 Å². The Morgan fingerprint density at radius 2 is 2.14 bits per heavy atom. The van der Waals surface area contributed by atoms with Gasteiger partial charge in [0.15, 0.2) is 5.96 Å². The lowest BCUT2D eigenvalue weighted by atomic mass is 10.2. The standard InChI is InChI=1S/C16H25FN4/c1-18-16(19-11-15-5-4-10-20(15)2)21(3)12-13-6-8-14(17)9-7-13/h6-9,15H,4-5,10-12H2,1-3H3,(H,18,19). The topological polar surface area (TPSA) is 30.9 Å². The Hall–Kier alpha value is -1.62. The first-order valence-electron chi connectivity index (χ1n) is 7.46. The summed E-state index contributed by atoms with van der Waals surface area (Å²) < 4.78 is 12.9. The third-order valence-electron chi connectivity index (χ3n) is 4.07. The van der Waals surface area contributed by atoms with Crippen molar-refractivity contribution in [3.05, 3.63) is 35.6 Å². The summed E-state index contributed by atoms with van der Waals surface area (Å²) in [5, 5.41) is 3.43. The highest BCUT2D eigenvalue weighted by molar-refractivity contribution is 5.79. The average molecular weight is 292 g/mol. The SMILES string of the molecule is CN=C(NCC1CCCN1C)N(C)Cc1ccc(F)cc1. The normalized spacial score (nSPS) is 19.8. The molecule has 5 heteroatoms. The monoisotopic (exact) mass is 292 g/mol. The molecule has 0 bridgehead atoms. The average Bonchev–Trinajstić information content (AvgIpc) is 2.88. The van der Waals surface area contributed by atoms with E-state index in [9.17, 15) is 4.39 Å². The summed E-state index contributed by atoms with van der Waals surface area (Å²) in [6.45, 7) is 2.80. The number of hydrogen-bond donors (Lipinski definition) is 1. The summed E-state index contributed by atoms with van der Waals surface area (Å²) >= 11 is 0. The fraction of sp³-hybridized carbons (Fsp3) is 0.562. The maximum Gasteiger partial charge on any atom is 0.193 e. The third-order valence-corrected chi connectivity index (χ3v) is 4.07. The molecule has 0 amide bonds. The first-order valence-corrected chi connectivity index (χ1v) is 7.46.